The molecule has 0 aliphatic carbocycles. The summed E-state index contributed by atoms with van der Waals surface area (Å²) in [4.78, 5) is 0. The molecule has 1 rings (SSSR count). The Morgan fingerprint density at radius 3 is 2.78 bits per heavy atom. The highest BCUT2D eigenvalue weighted by Gasteiger charge is 2.23. The quantitative estimate of drug-likeness (QED) is 0.398. The van der Waals surface area contributed by atoms with Gasteiger partial charge in [0.05, 0.1) is 0 Å². The van der Waals surface area contributed by atoms with Crippen molar-refractivity contribution in [1.82, 2.24) is 8.85 Å². The lowest BCUT2D eigenvalue weighted by Crippen LogP contribution is -3.42. The number of halogens is 1. The van der Waals surface area contributed by atoms with Crippen LogP contribution >= 0.6 is 0 Å². The molecule has 1 aliphatic heterocycles. The van der Waals surface area contributed by atoms with Gasteiger partial charge in [0, 0.05) is 6.54 Å². The summed E-state index contributed by atoms with van der Waals surface area (Å²) < 4.78 is 3.20. The Morgan fingerprint density at radius 1 is 1.78 bits per heavy atom. The van der Waals surface area contributed by atoms with Crippen molar-refractivity contribution in [1.29, 1.82) is 0 Å². The smallest absolute Gasteiger partial charge is 0.316 e. The highest BCUT2D eigenvalue weighted by atomic mass is 127. The Hall–Kier alpha value is 0.650. The summed E-state index contributed by atoms with van der Waals surface area (Å²) in [6, 6.07) is 0. The van der Waals surface area contributed by atoms with Crippen molar-refractivity contribution >= 4 is 0 Å². The average molecular weight is 241 g/mol. The van der Waals surface area contributed by atoms with Crippen LogP contribution in [0.25, 0.3) is 0 Å². The molecule has 0 saturated carbocycles. The first kappa shape index (κ1) is 7.75. The third-order valence-corrected chi connectivity index (χ3v) is 2.50. The van der Waals surface area contributed by atoms with E-state index in [1.54, 1.807) is 0 Å². The zero-order valence-corrected chi connectivity index (χ0v) is 8.01. The SMILES string of the molecule is CC(CN[IH+])C1CNC1. The molecule has 1 atom stereocenters. The predicted octanol–water partition coefficient (Wildman–Crippen LogP) is -3.37. The molecule has 0 spiro atoms. The molecular weight excluding hydrogens is 227 g/mol. The van der Waals surface area contributed by atoms with Gasteiger partial charge in [0.25, 0.3) is 0 Å². The standard InChI is InChI=1S/C6H14IN2/c1-5(2-9-7)6-3-8-4-6/h5-9H,2-4H2,1H3/q+1. The van der Waals surface area contributed by atoms with E-state index in [1.165, 1.54) is 13.1 Å². The fraction of sp³-hybridized carbons (Fsp3) is 1.00. The maximum absolute atomic E-state index is 3.27. The van der Waals surface area contributed by atoms with Gasteiger partial charge in [-0.3, -0.25) is 0 Å². The van der Waals surface area contributed by atoms with Gasteiger partial charge in [-0.1, -0.05) is 6.92 Å². The van der Waals surface area contributed by atoms with Crippen molar-refractivity contribution < 1.29 is 22.9 Å². The van der Waals surface area contributed by atoms with Crippen molar-refractivity contribution in [2.24, 2.45) is 11.8 Å². The van der Waals surface area contributed by atoms with Crippen LogP contribution in [-0.4, -0.2) is 19.6 Å². The summed E-state index contributed by atoms with van der Waals surface area (Å²) >= 11 is 1.95. The molecule has 0 amide bonds. The lowest BCUT2D eigenvalue weighted by Gasteiger charge is -2.31. The van der Waals surface area contributed by atoms with Crippen LogP contribution in [-0.2, 0) is 0 Å². The van der Waals surface area contributed by atoms with E-state index in [1.807, 2.05) is 22.9 Å². The molecule has 54 valence electrons. The van der Waals surface area contributed by atoms with Gasteiger partial charge in [-0.25, -0.2) is 0 Å². The second kappa shape index (κ2) is 3.73. The van der Waals surface area contributed by atoms with E-state index >= 15 is 0 Å². The fourth-order valence-corrected chi connectivity index (χ4v) is 1.76. The minimum Gasteiger partial charge on any atom is -0.316 e. The van der Waals surface area contributed by atoms with E-state index in [9.17, 15) is 0 Å². The summed E-state index contributed by atoms with van der Waals surface area (Å²) in [5.41, 5.74) is 0. The molecule has 2 nitrogen and oxygen atoms in total. The topological polar surface area (TPSA) is 24.1 Å². The molecule has 1 unspecified atom stereocenters. The highest BCUT2D eigenvalue weighted by molar-refractivity contribution is 4.79. The fourth-order valence-electron chi connectivity index (χ4n) is 1.01. The van der Waals surface area contributed by atoms with Crippen LogP contribution in [0.1, 0.15) is 6.92 Å². The van der Waals surface area contributed by atoms with Gasteiger partial charge in [-0.05, 0) is 24.9 Å². The van der Waals surface area contributed by atoms with Crippen LogP contribution in [0.5, 0.6) is 0 Å². The highest BCUT2D eigenvalue weighted by Crippen LogP contribution is 2.13. The lowest BCUT2D eigenvalue weighted by molar-refractivity contribution is -0.444. The summed E-state index contributed by atoms with van der Waals surface area (Å²) in [5.74, 6) is 1.78. The monoisotopic (exact) mass is 241 g/mol. The molecule has 2 N–H and O–H groups in total. The maximum atomic E-state index is 3.27. The molecule has 0 radical (unpaired) electrons. The van der Waals surface area contributed by atoms with Crippen molar-refractivity contribution in [3.63, 3.8) is 0 Å². The van der Waals surface area contributed by atoms with E-state index in [0.29, 0.717) is 0 Å². The van der Waals surface area contributed by atoms with Crippen molar-refractivity contribution in [2.75, 3.05) is 19.6 Å². The Bertz CT molecular complexity index is 83.1. The zero-order chi connectivity index (χ0) is 6.69. The van der Waals surface area contributed by atoms with Gasteiger partial charge in [-0.2, -0.15) is 0 Å². The molecule has 1 heterocycles. The first-order valence-electron chi connectivity index (χ1n) is 3.40. The van der Waals surface area contributed by atoms with E-state index in [0.717, 1.165) is 18.4 Å². The zero-order valence-electron chi connectivity index (χ0n) is 5.68. The van der Waals surface area contributed by atoms with Crippen molar-refractivity contribution in [2.45, 2.75) is 6.92 Å². The lowest BCUT2D eigenvalue weighted by atomic mass is 9.89. The van der Waals surface area contributed by atoms with Gasteiger partial charge < -0.3 is 5.32 Å². The molecule has 0 bridgehead atoms. The molecule has 0 aromatic carbocycles. The molecular formula is C6H14IN2+. The Kier molecular flexibility index (Phi) is 3.21. The molecule has 1 aliphatic rings. The van der Waals surface area contributed by atoms with Crippen molar-refractivity contribution in [3.05, 3.63) is 0 Å². The molecule has 0 aromatic heterocycles. The minimum atomic E-state index is 0.846. The van der Waals surface area contributed by atoms with E-state index in [2.05, 4.69) is 15.8 Å². The number of rotatable bonds is 3. The van der Waals surface area contributed by atoms with Crippen LogP contribution in [0.2, 0.25) is 0 Å². The third kappa shape index (κ3) is 2.05. The summed E-state index contributed by atoms with van der Waals surface area (Å²) in [6.07, 6.45) is 0. The van der Waals surface area contributed by atoms with Gasteiger partial charge >= 0.3 is 22.9 Å². The number of nitrogens with one attached hydrogen (secondary N) is 2. The average Bonchev–Trinajstić information content (AvgIpc) is 1.60. The first-order valence-corrected chi connectivity index (χ1v) is 4.57. The van der Waals surface area contributed by atoms with Crippen LogP contribution in [0.3, 0.4) is 0 Å². The van der Waals surface area contributed by atoms with Gasteiger partial charge in [0.15, 0.2) is 0 Å². The van der Waals surface area contributed by atoms with E-state index in [4.69, 9.17) is 0 Å². The van der Waals surface area contributed by atoms with Crippen LogP contribution in [0.4, 0.5) is 0 Å². The van der Waals surface area contributed by atoms with Crippen LogP contribution < -0.4 is 31.7 Å². The summed E-state index contributed by atoms with van der Waals surface area (Å²) in [6.45, 7) is 5.92. The summed E-state index contributed by atoms with van der Waals surface area (Å²) in [7, 11) is 0. The van der Waals surface area contributed by atoms with Gasteiger partial charge in [0.1, 0.15) is 0 Å². The van der Waals surface area contributed by atoms with Gasteiger partial charge in [0.2, 0.25) is 0 Å². The van der Waals surface area contributed by atoms with E-state index < -0.39 is 0 Å². The third-order valence-electron chi connectivity index (χ3n) is 2.02. The maximum Gasteiger partial charge on any atom is 0.367 e. The Balaban J connectivity index is 2.08. The molecule has 9 heavy (non-hydrogen) atoms. The minimum absolute atomic E-state index is 0.846. The Labute approximate surface area is 70.3 Å². The largest absolute Gasteiger partial charge is 0.367 e. The predicted molar refractivity (Wildman–Crippen MR) is 34.9 cm³/mol. The summed E-state index contributed by atoms with van der Waals surface area (Å²) in [5, 5.41) is 3.27. The second-order valence-corrected chi connectivity index (χ2v) is 3.57. The Morgan fingerprint density at radius 2 is 2.44 bits per heavy atom. The van der Waals surface area contributed by atoms with Gasteiger partial charge in [-0.15, -0.1) is 3.53 Å². The number of hydrogen-bond donors (Lipinski definition) is 2. The van der Waals surface area contributed by atoms with Crippen molar-refractivity contribution in [3.8, 4) is 0 Å². The first-order chi connectivity index (χ1) is 4.34. The second-order valence-electron chi connectivity index (χ2n) is 2.74. The molecule has 3 heteroatoms. The van der Waals surface area contributed by atoms with Crippen LogP contribution in [0, 0.1) is 11.8 Å². The molecule has 1 fully saturated rings. The molecule has 1 saturated heterocycles. The number of hydrogen-bond acceptors (Lipinski definition) is 2. The van der Waals surface area contributed by atoms with E-state index in [-0.39, 0.29) is 0 Å². The molecule has 0 aromatic rings. The van der Waals surface area contributed by atoms with Crippen LogP contribution in [0.15, 0.2) is 0 Å². The normalized spacial score (nSPS) is 23.3.